The van der Waals surface area contributed by atoms with E-state index < -0.39 is 14.9 Å². The van der Waals surface area contributed by atoms with E-state index in [0.717, 1.165) is 19.3 Å². The summed E-state index contributed by atoms with van der Waals surface area (Å²) >= 11 is 0. The van der Waals surface area contributed by atoms with Crippen molar-refractivity contribution >= 4 is 15.7 Å². The van der Waals surface area contributed by atoms with Gasteiger partial charge in [-0.15, -0.1) is 0 Å². The van der Waals surface area contributed by atoms with Crippen LogP contribution in [-0.4, -0.2) is 25.9 Å². The minimum Gasteiger partial charge on any atom is -0.330 e. The molecule has 0 aliphatic heterocycles. The van der Waals surface area contributed by atoms with Crippen molar-refractivity contribution in [1.29, 1.82) is 0 Å². The Bertz CT molecular complexity index is 600. The molecule has 0 amide bonds. The maximum atomic E-state index is 12.2. The van der Waals surface area contributed by atoms with Crippen LogP contribution in [0.15, 0.2) is 24.3 Å². The van der Waals surface area contributed by atoms with Crippen molar-refractivity contribution in [3.05, 3.63) is 39.9 Å². The molecule has 1 saturated carbocycles. The van der Waals surface area contributed by atoms with Gasteiger partial charge in [0.15, 0.2) is 0 Å². The number of nitrogens with zero attached hydrogens (tertiary/aromatic N) is 1. The zero-order chi connectivity index (χ0) is 15.5. The number of rotatable bonds is 6. The van der Waals surface area contributed by atoms with Gasteiger partial charge in [0, 0.05) is 18.2 Å². The highest BCUT2D eigenvalue weighted by Crippen LogP contribution is 2.25. The Kier molecular flexibility index (Phi) is 4.92. The fraction of sp³-hybridized carbons (Fsp3) is 0.538. The Labute approximate surface area is 123 Å². The van der Waals surface area contributed by atoms with Crippen LogP contribution in [0.5, 0.6) is 0 Å². The van der Waals surface area contributed by atoms with Crippen LogP contribution in [0.25, 0.3) is 0 Å². The number of nitrogens with one attached hydrogen (secondary N) is 1. The van der Waals surface area contributed by atoms with Gasteiger partial charge in [-0.3, -0.25) is 10.1 Å². The molecule has 2 rings (SSSR count). The van der Waals surface area contributed by atoms with Gasteiger partial charge in [0.25, 0.3) is 5.69 Å². The van der Waals surface area contributed by atoms with Gasteiger partial charge in [-0.2, -0.15) is 0 Å². The zero-order valence-corrected chi connectivity index (χ0v) is 12.4. The molecule has 21 heavy (non-hydrogen) atoms. The molecule has 7 nitrogen and oxygen atoms in total. The summed E-state index contributed by atoms with van der Waals surface area (Å²) in [6.07, 6.45) is 2.73. The van der Waals surface area contributed by atoms with E-state index in [1.165, 1.54) is 24.3 Å². The van der Waals surface area contributed by atoms with Crippen LogP contribution < -0.4 is 10.5 Å². The Morgan fingerprint density at radius 2 is 1.95 bits per heavy atom. The standard InChI is InChI=1S/C13H19N3O4S/c14-8-11-2-1-3-13(11)15-21(19,20)9-10-4-6-12(7-5-10)16(17)18/h4-7,11,13,15H,1-3,8-9,14H2. The monoisotopic (exact) mass is 313 g/mol. The van der Waals surface area contributed by atoms with Gasteiger partial charge in [-0.05, 0) is 30.9 Å². The molecule has 0 spiro atoms. The first kappa shape index (κ1) is 15.9. The molecule has 1 aliphatic carbocycles. The van der Waals surface area contributed by atoms with Gasteiger partial charge in [0.05, 0.1) is 10.7 Å². The molecule has 0 aromatic heterocycles. The highest BCUT2D eigenvalue weighted by molar-refractivity contribution is 7.88. The lowest BCUT2D eigenvalue weighted by atomic mass is 10.1. The first-order valence-electron chi connectivity index (χ1n) is 6.84. The van der Waals surface area contributed by atoms with Gasteiger partial charge in [-0.25, -0.2) is 13.1 Å². The number of benzene rings is 1. The molecule has 0 bridgehead atoms. The van der Waals surface area contributed by atoms with E-state index in [9.17, 15) is 18.5 Å². The predicted molar refractivity (Wildman–Crippen MR) is 79.0 cm³/mol. The van der Waals surface area contributed by atoms with E-state index in [2.05, 4.69) is 4.72 Å². The predicted octanol–water partition coefficient (Wildman–Crippen LogP) is 1.14. The van der Waals surface area contributed by atoms with Crippen molar-refractivity contribution in [3.8, 4) is 0 Å². The molecule has 116 valence electrons. The average Bonchev–Trinajstić information content (AvgIpc) is 2.85. The van der Waals surface area contributed by atoms with Crippen LogP contribution in [0.1, 0.15) is 24.8 Å². The van der Waals surface area contributed by atoms with Crippen LogP contribution in [-0.2, 0) is 15.8 Å². The molecule has 2 unspecified atom stereocenters. The van der Waals surface area contributed by atoms with Crippen LogP contribution in [0.3, 0.4) is 0 Å². The smallest absolute Gasteiger partial charge is 0.269 e. The number of nitrogens with two attached hydrogens (primary N) is 1. The molecular formula is C13H19N3O4S. The van der Waals surface area contributed by atoms with E-state index in [0.29, 0.717) is 12.1 Å². The van der Waals surface area contributed by atoms with Gasteiger partial charge < -0.3 is 5.73 Å². The van der Waals surface area contributed by atoms with Crippen molar-refractivity contribution in [2.75, 3.05) is 6.54 Å². The van der Waals surface area contributed by atoms with Crippen molar-refractivity contribution < 1.29 is 13.3 Å². The fourth-order valence-electron chi connectivity index (χ4n) is 2.68. The normalized spacial score (nSPS) is 22.3. The maximum absolute atomic E-state index is 12.2. The molecule has 0 radical (unpaired) electrons. The first-order valence-corrected chi connectivity index (χ1v) is 8.50. The van der Waals surface area contributed by atoms with Crippen molar-refractivity contribution in [2.24, 2.45) is 11.7 Å². The lowest BCUT2D eigenvalue weighted by Crippen LogP contribution is -2.40. The summed E-state index contributed by atoms with van der Waals surface area (Å²) in [6.45, 7) is 0.477. The lowest BCUT2D eigenvalue weighted by molar-refractivity contribution is -0.384. The molecule has 3 N–H and O–H groups in total. The third kappa shape index (κ3) is 4.23. The number of hydrogen-bond acceptors (Lipinski definition) is 5. The second-order valence-electron chi connectivity index (χ2n) is 5.33. The van der Waals surface area contributed by atoms with E-state index in [-0.39, 0.29) is 23.4 Å². The highest BCUT2D eigenvalue weighted by atomic mass is 32.2. The van der Waals surface area contributed by atoms with Crippen molar-refractivity contribution in [1.82, 2.24) is 4.72 Å². The van der Waals surface area contributed by atoms with E-state index in [4.69, 9.17) is 5.73 Å². The summed E-state index contributed by atoms with van der Waals surface area (Å²) in [4.78, 5) is 10.0. The quantitative estimate of drug-likeness (QED) is 0.603. The van der Waals surface area contributed by atoms with Gasteiger partial charge in [0.2, 0.25) is 10.0 Å². The number of nitro groups is 1. The molecule has 1 fully saturated rings. The summed E-state index contributed by atoms with van der Waals surface area (Å²) in [7, 11) is -3.47. The second-order valence-corrected chi connectivity index (χ2v) is 7.09. The molecule has 1 aliphatic rings. The Morgan fingerprint density at radius 1 is 1.29 bits per heavy atom. The number of non-ortho nitro benzene ring substituents is 1. The molecule has 1 aromatic carbocycles. The Morgan fingerprint density at radius 3 is 2.52 bits per heavy atom. The summed E-state index contributed by atoms with van der Waals surface area (Å²) in [5, 5.41) is 10.6. The number of nitro benzene ring substituents is 1. The van der Waals surface area contributed by atoms with Crippen molar-refractivity contribution in [3.63, 3.8) is 0 Å². The molecule has 8 heteroatoms. The second kappa shape index (κ2) is 6.50. The van der Waals surface area contributed by atoms with Crippen molar-refractivity contribution in [2.45, 2.75) is 31.1 Å². The van der Waals surface area contributed by atoms with Crippen LogP contribution in [0, 0.1) is 16.0 Å². The van der Waals surface area contributed by atoms with E-state index >= 15 is 0 Å². The summed E-state index contributed by atoms with van der Waals surface area (Å²) in [5.41, 5.74) is 6.11. The van der Waals surface area contributed by atoms with Gasteiger partial charge >= 0.3 is 0 Å². The Hall–Kier alpha value is -1.51. The summed E-state index contributed by atoms with van der Waals surface area (Å²) in [5.74, 6) is 0.00957. The SMILES string of the molecule is NCC1CCCC1NS(=O)(=O)Cc1ccc([N+](=O)[O-])cc1. The molecule has 1 aromatic rings. The lowest BCUT2D eigenvalue weighted by Gasteiger charge is -2.19. The minimum atomic E-state index is -3.47. The number of sulfonamides is 1. The van der Waals surface area contributed by atoms with E-state index in [1.54, 1.807) is 0 Å². The van der Waals surface area contributed by atoms with Crippen LogP contribution in [0.4, 0.5) is 5.69 Å². The zero-order valence-electron chi connectivity index (χ0n) is 11.6. The molecular weight excluding hydrogens is 294 g/mol. The fourth-order valence-corrected chi connectivity index (χ4v) is 4.17. The Balaban J connectivity index is 2.02. The minimum absolute atomic E-state index is 0.0527. The molecule has 0 heterocycles. The largest absolute Gasteiger partial charge is 0.330 e. The third-order valence-corrected chi connectivity index (χ3v) is 5.17. The number of hydrogen-bond donors (Lipinski definition) is 2. The maximum Gasteiger partial charge on any atom is 0.269 e. The van der Waals surface area contributed by atoms with Crippen LogP contribution in [0.2, 0.25) is 0 Å². The van der Waals surface area contributed by atoms with Crippen LogP contribution >= 0.6 is 0 Å². The summed E-state index contributed by atoms with van der Waals surface area (Å²) < 4.78 is 27.0. The average molecular weight is 313 g/mol. The highest BCUT2D eigenvalue weighted by Gasteiger charge is 2.29. The molecule has 0 saturated heterocycles. The first-order chi connectivity index (χ1) is 9.91. The van der Waals surface area contributed by atoms with Gasteiger partial charge in [-0.1, -0.05) is 18.6 Å². The third-order valence-electron chi connectivity index (χ3n) is 3.80. The van der Waals surface area contributed by atoms with Gasteiger partial charge in [0.1, 0.15) is 0 Å². The molecule has 2 atom stereocenters. The van der Waals surface area contributed by atoms with E-state index in [1.807, 2.05) is 0 Å². The topological polar surface area (TPSA) is 115 Å². The summed E-state index contributed by atoms with van der Waals surface area (Å²) in [6, 6.07) is 5.45.